The van der Waals surface area contributed by atoms with E-state index in [-0.39, 0.29) is 23.9 Å². The smallest absolute Gasteiger partial charge is 0.255 e. The first-order chi connectivity index (χ1) is 13.9. The molecule has 0 radical (unpaired) electrons. The fourth-order valence-electron chi connectivity index (χ4n) is 3.50. The number of hydrogen-bond donors (Lipinski definition) is 3. The third kappa shape index (κ3) is 6.23. The molecule has 6 heteroatoms. The van der Waals surface area contributed by atoms with Crippen molar-refractivity contribution < 1.29 is 9.59 Å². The molecule has 1 atom stereocenters. The van der Waals surface area contributed by atoms with Crippen LogP contribution in [0.3, 0.4) is 0 Å². The van der Waals surface area contributed by atoms with E-state index in [0.717, 1.165) is 24.4 Å². The van der Waals surface area contributed by atoms with Gasteiger partial charge >= 0.3 is 0 Å². The molecule has 0 spiro atoms. The monoisotopic (exact) mass is 413 g/mol. The molecule has 0 heterocycles. The summed E-state index contributed by atoms with van der Waals surface area (Å²) in [5.41, 5.74) is 2.05. The molecule has 3 N–H and O–H groups in total. The summed E-state index contributed by atoms with van der Waals surface area (Å²) < 4.78 is 0. The van der Waals surface area contributed by atoms with E-state index in [1.165, 1.54) is 12.8 Å². The van der Waals surface area contributed by atoms with Crippen LogP contribution in [-0.2, 0) is 4.79 Å². The number of amides is 2. The summed E-state index contributed by atoms with van der Waals surface area (Å²) >= 11 is 5.85. The summed E-state index contributed by atoms with van der Waals surface area (Å²) in [5, 5.41) is 9.81. The third-order valence-electron chi connectivity index (χ3n) is 5.39. The van der Waals surface area contributed by atoms with Crippen molar-refractivity contribution in [1.29, 1.82) is 0 Å². The lowest BCUT2D eigenvalue weighted by atomic mass is 9.87. The molecule has 1 unspecified atom stereocenters. The molecule has 2 aromatic carbocycles. The molecule has 3 rings (SSSR count). The van der Waals surface area contributed by atoms with Crippen LogP contribution < -0.4 is 16.0 Å². The Balaban J connectivity index is 1.49. The Bertz CT molecular complexity index is 828. The van der Waals surface area contributed by atoms with Crippen molar-refractivity contribution in [3.8, 4) is 0 Å². The van der Waals surface area contributed by atoms with Crippen LogP contribution in [-0.4, -0.2) is 23.9 Å². The van der Waals surface area contributed by atoms with Crippen molar-refractivity contribution in [2.45, 2.75) is 51.6 Å². The number of nitrogens with one attached hydrogen (secondary N) is 3. The first kappa shape index (κ1) is 21.2. The molecule has 0 bridgehead atoms. The fraction of sp³-hybridized carbons (Fsp3) is 0.391. The highest BCUT2D eigenvalue weighted by atomic mass is 35.5. The van der Waals surface area contributed by atoms with Crippen LogP contribution in [0.4, 0.5) is 11.4 Å². The van der Waals surface area contributed by atoms with E-state index in [1.807, 2.05) is 31.2 Å². The molecule has 1 aliphatic rings. The minimum absolute atomic E-state index is 0.0182. The van der Waals surface area contributed by atoms with Gasteiger partial charge in [-0.3, -0.25) is 9.59 Å². The van der Waals surface area contributed by atoms with Gasteiger partial charge in [0.1, 0.15) is 6.04 Å². The minimum atomic E-state index is -0.330. The second-order valence-electron chi connectivity index (χ2n) is 7.87. The summed E-state index contributed by atoms with van der Waals surface area (Å²) in [6.07, 6.45) is 4.47. The highest BCUT2D eigenvalue weighted by Crippen LogP contribution is 2.23. The SMILES string of the molecule is CC1CCC(NC(=O)C(C)Nc2ccc(NC(=O)c3ccc(Cl)cc3)cc2)CC1. The van der Waals surface area contributed by atoms with Gasteiger partial charge in [0, 0.05) is 28.0 Å². The Morgan fingerprint density at radius 3 is 2.14 bits per heavy atom. The Morgan fingerprint density at radius 2 is 1.52 bits per heavy atom. The van der Waals surface area contributed by atoms with Crippen molar-refractivity contribution in [3.05, 3.63) is 59.1 Å². The first-order valence-electron chi connectivity index (χ1n) is 10.1. The molecule has 2 amide bonds. The second kappa shape index (κ2) is 9.79. The molecular weight excluding hydrogens is 386 g/mol. The molecule has 2 aromatic rings. The lowest BCUT2D eigenvalue weighted by molar-refractivity contribution is -0.122. The quantitative estimate of drug-likeness (QED) is 0.617. The Labute approximate surface area is 177 Å². The van der Waals surface area contributed by atoms with Gasteiger partial charge in [0.2, 0.25) is 5.91 Å². The maximum absolute atomic E-state index is 12.5. The Kier molecular flexibility index (Phi) is 7.15. The van der Waals surface area contributed by atoms with E-state index in [0.29, 0.717) is 16.3 Å². The maximum atomic E-state index is 12.5. The van der Waals surface area contributed by atoms with Gasteiger partial charge in [0.05, 0.1) is 0 Å². The molecule has 1 saturated carbocycles. The normalized spacial score (nSPS) is 19.8. The number of carbonyl (C=O) groups is 2. The van der Waals surface area contributed by atoms with E-state index in [9.17, 15) is 9.59 Å². The van der Waals surface area contributed by atoms with Crippen LogP contribution in [0.25, 0.3) is 0 Å². The lowest BCUT2D eigenvalue weighted by Gasteiger charge is -2.28. The van der Waals surface area contributed by atoms with Gasteiger partial charge in [-0.15, -0.1) is 0 Å². The Hall–Kier alpha value is -2.53. The largest absolute Gasteiger partial charge is 0.374 e. The van der Waals surface area contributed by atoms with Crippen molar-refractivity contribution in [3.63, 3.8) is 0 Å². The molecule has 1 aliphatic carbocycles. The van der Waals surface area contributed by atoms with Crippen LogP contribution in [0.15, 0.2) is 48.5 Å². The number of hydrogen-bond acceptors (Lipinski definition) is 3. The van der Waals surface area contributed by atoms with Crippen molar-refractivity contribution >= 4 is 34.8 Å². The first-order valence-corrected chi connectivity index (χ1v) is 10.5. The van der Waals surface area contributed by atoms with E-state index in [1.54, 1.807) is 24.3 Å². The van der Waals surface area contributed by atoms with E-state index >= 15 is 0 Å². The van der Waals surface area contributed by atoms with Gasteiger partial charge in [-0.1, -0.05) is 18.5 Å². The standard InChI is InChI=1S/C23H28ClN3O2/c1-15-3-9-20(10-4-15)26-22(28)16(2)25-19-11-13-21(14-12-19)27-23(29)17-5-7-18(24)8-6-17/h5-8,11-16,20,25H,3-4,9-10H2,1-2H3,(H,26,28)(H,27,29). The summed E-state index contributed by atoms with van der Waals surface area (Å²) in [5.74, 6) is 0.582. The predicted molar refractivity (Wildman–Crippen MR) is 118 cm³/mol. The van der Waals surface area contributed by atoms with Crippen LogP contribution in [0.5, 0.6) is 0 Å². The molecule has 0 aromatic heterocycles. The van der Waals surface area contributed by atoms with Gasteiger partial charge in [-0.2, -0.15) is 0 Å². The van der Waals surface area contributed by atoms with Crippen LogP contribution in [0.2, 0.25) is 5.02 Å². The zero-order valence-electron chi connectivity index (χ0n) is 16.9. The van der Waals surface area contributed by atoms with E-state index in [2.05, 4.69) is 22.9 Å². The number of halogens is 1. The van der Waals surface area contributed by atoms with Gasteiger partial charge in [-0.05, 0) is 87.1 Å². The molecule has 29 heavy (non-hydrogen) atoms. The molecule has 154 valence electrons. The molecular formula is C23H28ClN3O2. The summed E-state index contributed by atoms with van der Waals surface area (Å²) in [7, 11) is 0. The van der Waals surface area contributed by atoms with Gasteiger partial charge < -0.3 is 16.0 Å². The molecule has 0 saturated heterocycles. The van der Waals surface area contributed by atoms with E-state index in [4.69, 9.17) is 11.6 Å². The average molecular weight is 414 g/mol. The zero-order valence-corrected chi connectivity index (χ0v) is 17.6. The second-order valence-corrected chi connectivity index (χ2v) is 8.31. The third-order valence-corrected chi connectivity index (χ3v) is 5.64. The van der Waals surface area contributed by atoms with Crippen LogP contribution in [0.1, 0.15) is 49.9 Å². The molecule has 0 aliphatic heterocycles. The highest BCUT2D eigenvalue weighted by molar-refractivity contribution is 6.30. The highest BCUT2D eigenvalue weighted by Gasteiger charge is 2.22. The maximum Gasteiger partial charge on any atom is 0.255 e. The summed E-state index contributed by atoms with van der Waals surface area (Å²) in [6, 6.07) is 14.0. The van der Waals surface area contributed by atoms with Gasteiger partial charge in [0.25, 0.3) is 5.91 Å². The summed E-state index contributed by atoms with van der Waals surface area (Å²) in [4.78, 5) is 24.7. The van der Waals surface area contributed by atoms with Crippen molar-refractivity contribution in [2.24, 2.45) is 5.92 Å². The van der Waals surface area contributed by atoms with E-state index < -0.39 is 0 Å². The molecule has 1 fully saturated rings. The Morgan fingerprint density at radius 1 is 0.931 bits per heavy atom. The van der Waals surface area contributed by atoms with Gasteiger partial charge in [-0.25, -0.2) is 0 Å². The zero-order chi connectivity index (χ0) is 20.8. The number of benzene rings is 2. The van der Waals surface area contributed by atoms with Gasteiger partial charge in [0.15, 0.2) is 0 Å². The fourth-order valence-corrected chi connectivity index (χ4v) is 3.63. The topological polar surface area (TPSA) is 70.2 Å². The predicted octanol–water partition coefficient (Wildman–Crippen LogP) is 5.09. The number of rotatable bonds is 6. The van der Waals surface area contributed by atoms with Crippen molar-refractivity contribution in [1.82, 2.24) is 5.32 Å². The van der Waals surface area contributed by atoms with Crippen molar-refractivity contribution in [2.75, 3.05) is 10.6 Å². The lowest BCUT2D eigenvalue weighted by Crippen LogP contribution is -2.44. The molecule has 5 nitrogen and oxygen atoms in total. The minimum Gasteiger partial charge on any atom is -0.374 e. The average Bonchev–Trinajstić information content (AvgIpc) is 2.71. The van der Waals surface area contributed by atoms with Crippen LogP contribution in [0, 0.1) is 5.92 Å². The number of anilines is 2. The van der Waals surface area contributed by atoms with Crippen LogP contribution >= 0.6 is 11.6 Å². The summed E-state index contributed by atoms with van der Waals surface area (Å²) in [6.45, 7) is 4.13. The number of carbonyl (C=O) groups excluding carboxylic acids is 2.